The number of fused-ring (bicyclic) bond motifs is 1. The molecule has 1 unspecified atom stereocenters. The number of nitrogens with one attached hydrogen (secondary N) is 1. The van der Waals surface area contributed by atoms with Gasteiger partial charge in [-0.1, -0.05) is 6.07 Å². The molecule has 19 heavy (non-hydrogen) atoms. The van der Waals surface area contributed by atoms with Crippen molar-refractivity contribution in [2.75, 3.05) is 32.1 Å². The molecule has 2 aromatic rings. The fraction of sp³-hybridized carbons (Fsp3) is 0.500. The molecule has 3 rings (SSSR count). The molecule has 0 aromatic carbocycles. The topological polar surface area (TPSA) is 32.6 Å². The Kier molecular flexibility index (Phi) is 3.50. The fourth-order valence-electron chi connectivity index (χ4n) is 2.80. The second kappa shape index (κ2) is 5.13. The van der Waals surface area contributed by atoms with E-state index in [4.69, 9.17) is 4.98 Å². The summed E-state index contributed by atoms with van der Waals surface area (Å²) < 4.78 is 3.22. The van der Waals surface area contributed by atoms with Gasteiger partial charge >= 0.3 is 0 Å². The van der Waals surface area contributed by atoms with Gasteiger partial charge in [-0.05, 0) is 47.4 Å². The Bertz CT molecular complexity index is 584. The summed E-state index contributed by atoms with van der Waals surface area (Å²) in [6, 6.07) is 6.34. The molecule has 2 aromatic heterocycles. The van der Waals surface area contributed by atoms with Gasteiger partial charge in [-0.15, -0.1) is 0 Å². The van der Waals surface area contributed by atoms with Crippen molar-refractivity contribution in [3.8, 4) is 0 Å². The Balaban J connectivity index is 2.18. The van der Waals surface area contributed by atoms with E-state index in [2.05, 4.69) is 62.8 Å². The number of piperidine rings is 1. The SMILES string of the molecule is CN(C)c1cccc2c(Br)nc(C3CCCNC3)n12. The first-order valence-corrected chi connectivity index (χ1v) is 7.52. The van der Waals surface area contributed by atoms with Crippen LogP contribution in [0.25, 0.3) is 5.52 Å². The Morgan fingerprint density at radius 3 is 2.95 bits per heavy atom. The first kappa shape index (κ1) is 12.9. The van der Waals surface area contributed by atoms with Crippen molar-refractivity contribution in [1.29, 1.82) is 0 Å². The van der Waals surface area contributed by atoms with E-state index >= 15 is 0 Å². The number of hydrogen-bond acceptors (Lipinski definition) is 3. The van der Waals surface area contributed by atoms with Crippen LogP contribution in [0.3, 0.4) is 0 Å². The molecule has 1 aliphatic heterocycles. The summed E-state index contributed by atoms with van der Waals surface area (Å²) in [6.45, 7) is 2.15. The Morgan fingerprint density at radius 2 is 2.26 bits per heavy atom. The van der Waals surface area contributed by atoms with E-state index in [0.717, 1.165) is 23.2 Å². The van der Waals surface area contributed by atoms with Crippen molar-refractivity contribution in [3.63, 3.8) is 0 Å². The molecule has 5 heteroatoms. The average molecular weight is 323 g/mol. The first-order valence-electron chi connectivity index (χ1n) is 6.73. The normalized spacial score (nSPS) is 19.8. The highest BCUT2D eigenvalue weighted by molar-refractivity contribution is 9.10. The highest BCUT2D eigenvalue weighted by Gasteiger charge is 2.23. The zero-order valence-corrected chi connectivity index (χ0v) is 12.9. The summed E-state index contributed by atoms with van der Waals surface area (Å²) in [5.74, 6) is 2.84. The maximum atomic E-state index is 4.77. The molecule has 0 saturated carbocycles. The molecular formula is C14H19BrN4. The smallest absolute Gasteiger partial charge is 0.132 e. The quantitative estimate of drug-likeness (QED) is 0.922. The van der Waals surface area contributed by atoms with Gasteiger partial charge in [0.15, 0.2) is 0 Å². The summed E-state index contributed by atoms with van der Waals surface area (Å²) in [7, 11) is 4.15. The molecule has 1 aliphatic rings. The molecule has 0 spiro atoms. The highest BCUT2D eigenvalue weighted by atomic mass is 79.9. The number of imidazole rings is 1. The predicted octanol–water partition coefficient (Wildman–Crippen LogP) is 2.63. The van der Waals surface area contributed by atoms with E-state index < -0.39 is 0 Å². The van der Waals surface area contributed by atoms with Gasteiger partial charge in [0.25, 0.3) is 0 Å². The van der Waals surface area contributed by atoms with Gasteiger partial charge in [0.05, 0.1) is 5.52 Å². The van der Waals surface area contributed by atoms with Gasteiger partial charge in [-0.3, -0.25) is 4.40 Å². The van der Waals surface area contributed by atoms with Crippen molar-refractivity contribution in [3.05, 3.63) is 28.6 Å². The molecule has 3 heterocycles. The third kappa shape index (κ3) is 2.25. The third-order valence-electron chi connectivity index (χ3n) is 3.74. The minimum Gasteiger partial charge on any atom is -0.364 e. The summed E-state index contributed by atoms with van der Waals surface area (Å²) in [4.78, 5) is 6.91. The second-order valence-corrected chi connectivity index (χ2v) is 6.05. The largest absolute Gasteiger partial charge is 0.364 e. The van der Waals surface area contributed by atoms with Crippen LogP contribution in [0.5, 0.6) is 0 Å². The Morgan fingerprint density at radius 1 is 1.42 bits per heavy atom. The van der Waals surface area contributed by atoms with Crippen LogP contribution in [0.4, 0.5) is 5.82 Å². The number of nitrogens with zero attached hydrogens (tertiary/aromatic N) is 3. The summed E-state index contributed by atoms with van der Waals surface area (Å²) in [6.07, 6.45) is 2.43. The van der Waals surface area contributed by atoms with Crippen molar-refractivity contribution >= 4 is 27.3 Å². The highest BCUT2D eigenvalue weighted by Crippen LogP contribution is 2.30. The molecule has 1 fully saturated rings. The molecule has 0 bridgehead atoms. The number of pyridine rings is 1. The lowest BCUT2D eigenvalue weighted by Crippen LogP contribution is -2.29. The maximum absolute atomic E-state index is 4.77. The number of hydrogen-bond donors (Lipinski definition) is 1. The Labute approximate surface area is 121 Å². The molecule has 1 saturated heterocycles. The summed E-state index contributed by atoms with van der Waals surface area (Å²) in [5, 5.41) is 3.47. The van der Waals surface area contributed by atoms with E-state index in [0.29, 0.717) is 5.92 Å². The lowest BCUT2D eigenvalue weighted by atomic mass is 9.99. The lowest BCUT2D eigenvalue weighted by molar-refractivity contribution is 0.445. The van der Waals surface area contributed by atoms with Crippen LogP contribution in [0.2, 0.25) is 0 Å². The summed E-state index contributed by atoms with van der Waals surface area (Å²) in [5.41, 5.74) is 1.15. The second-order valence-electron chi connectivity index (χ2n) is 5.30. The van der Waals surface area contributed by atoms with Crippen LogP contribution in [0, 0.1) is 0 Å². The van der Waals surface area contributed by atoms with Crippen LogP contribution >= 0.6 is 15.9 Å². The van der Waals surface area contributed by atoms with Gasteiger partial charge < -0.3 is 10.2 Å². The van der Waals surface area contributed by atoms with Crippen molar-refractivity contribution < 1.29 is 0 Å². The van der Waals surface area contributed by atoms with E-state index in [1.54, 1.807) is 0 Å². The van der Waals surface area contributed by atoms with Gasteiger partial charge in [-0.25, -0.2) is 4.98 Å². The van der Waals surface area contributed by atoms with Crippen LogP contribution in [0.15, 0.2) is 22.8 Å². The first-order chi connectivity index (χ1) is 9.18. The minimum atomic E-state index is 0.494. The molecule has 1 atom stereocenters. The predicted molar refractivity (Wildman–Crippen MR) is 82.1 cm³/mol. The zero-order valence-electron chi connectivity index (χ0n) is 11.4. The van der Waals surface area contributed by atoms with Gasteiger partial charge in [0, 0.05) is 26.6 Å². The van der Waals surface area contributed by atoms with Crippen molar-refractivity contribution in [2.24, 2.45) is 0 Å². The van der Waals surface area contributed by atoms with E-state index in [1.807, 2.05) is 0 Å². The third-order valence-corrected chi connectivity index (χ3v) is 4.33. The monoisotopic (exact) mass is 322 g/mol. The molecule has 0 amide bonds. The Hall–Kier alpha value is -1.07. The van der Waals surface area contributed by atoms with Crippen LogP contribution in [0.1, 0.15) is 24.6 Å². The number of aromatic nitrogens is 2. The molecule has 0 radical (unpaired) electrons. The van der Waals surface area contributed by atoms with Crippen molar-refractivity contribution in [2.45, 2.75) is 18.8 Å². The summed E-state index contributed by atoms with van der Waals surface area (Å²) >= 11 is 3.60. The zero-order chi connectivity index (χ0) is 13.4. The van der Waals surface area contributed by atoms with Gasteiger partial charge in [0.1, 0.15) is 16.2 Å². The fourth-order valence-corrected chi connectivity index (χ4v) is 3.29. The van der Waals surface area contributed by atoms with E-state index in [1.165, 1.54) is 24.5 Å². The molecule has 1 N–H and O–H groups in total. The van der Waals surface area contributed by atoms with Crippen LogP contribution in [-0.2, 0) is 0 Å². The number of rotatable bonds is 2. The van der Waals surface area contributed by atoms with E-state index in [9.17, 15) is 0 Å². The molecule has 102 valence electrons. The minimum absolute atomic E-state index is 0.494. The standard InChI is InChI=1S/C14H19BrN4/c1-18(2)12-7-3-6-11-13(15)17-14(19(11)12)10-5-4-8-16-9-10/h3,6-7,10,16H,4-5,8-9H2,1-2H3. The molecule has 0 aliphatic carbocycles. The number of anilines is 1. The lowest BCUT2D eigenvalue weighted by Gasteiger charge is -2.24. The molecular weight excluding hydrogens is 304 g/mol. The average Bonchev–Trinajstić information content (AvgIpc) is 2.77. The molecule has 4 nitrogen and oxygen atoms in total. The number of halogens is 1. The van der Waals surface area contributed by atoms with Crippen LogP contribution < -0.4 is 10.2 Å². The van der Waals surface area contributed by atoms with Crippen LogP contribution in [-0.4, -0.2) is 36.6 Å². The van der Waals surface area contributed by atoms with Gasteiger partial charge in [0.2, 0.25) is 0 Å². The maximum Gasteiger partial charge on any atom is 0.132 e. The van der Waals surface area contributed by atoms with E-state index in [-0.39, 0.29) is 0 Å². The van der Waals surface area contributed by atoms with Crippen molar-refractivity contribution in [1.82, 2.24) is 14.7 Å². The van der Waals surface area contributed by atoms with Gasteiger partial charge in [-0.2, -0.15) is 0 Å².